The summed E-state index contributed by atoms with van der Waals surface area (Å²) < 4.78 is 12.0. The summed E-state index contributed by atoms with van der Waals surface area (Å²) in [6.45, 7) is 5.44. The lowest BCUT2D eigenvalue weighted by molar-refractivity contribution is 0.0813. The molecule has 1 aromatic carbocycles. The van der Waals surface area contributed by atoms with Crippen molar-refractivity contribution in [3.05, 3.63) is 34.9 Å². The number of nitrogens with zero attached hydrogens (tertiary/aromatic N) is 1. The summed E-state index contributed by atoms with van der Waals surface area (Å²) in [4.78, 5) is 2.41. The first-order valence-electron chi connectivity index (χ1n) is 8.44. The summed E-state index contributed by atoms with van der Waals surface area (Å²) in [6, 6.07) is 2.44. The first-order chi connectivity index (χ1) is 11.0. The lowest BCUT2D eigenvalue weighted by Gasteiger charge is -2.35. The van der Waals surface area contributed by atoms with Crippen molar-refractivity contribution in [1.29, 1.82) is 0 Å². The molecule has 3 aliphatic rings. The molecule has 1 aromatic rings. The fourth-order valence-electron chi connectivity index (χ4n) is 4.63. The van der Waals surface area contributed by atoms with Crippen LogP contribution < -0.4 is 9.47 Å². The smallest absolute Gasteiger partial charge is 0.166 e. The van der Waals surface area contributed by atoms with Gasteiger partial charge in [0.15, 0.2) is 11.5 Å². The predicted octanol–water partition coefficient (Wildman–Crippen LogP) is 2.72. The van der Waals surface area contributed by atoms with Gasteiger partial charge in [-0.15, -0.1) is 0 Å². The van der Waals surface area contributed by atoms with E-state index in [-0.39, 0.29) is 11.5 Å². The molecule has 0 saturated carbocycles. The van der Waals surface area contributed by atoms with Crippen LogP contribution in [0.25, 0.3) is 0 Å². The number of methoxy groups -OCH3 is 1. The van der Waals surface area contributed by atoms with Crippen molar-refractivity contribution in [2.45, 2.75) is 50.4 Å². The van der Waals surface area contributed by atoms with Crippen molar-refractivity contribution in [1.82, 2.24) is 4.90 Å². The zero-order valence-corrected chi connectivity index (χ0v) is 14.3. The van der Waals surface area contributed by atoms with Crippen LogP contribution in [-0.2, 0) is 5.41 Å². The molecule has 1 N–H and O–H groups in total. The van der Waals surface area contributed by atoms with Crippen LogP contribution in [0.3, 0.4) is 0 Å². The van der Waals surface area contributed by atoms with Gasteiger partial charge in [-0.25, -0.2) is 0 Å². The van der Waals surface area contributed by atoms with Gasteiger partial charge in [0.1, 0.15) is 6.10 Å². The molecule has 4 rings (SSSR count). The number of hydrogen-bond donors (Lipinski definition) is 1. The van der Waals surface area contributed by atoms with Gasteiger partial charge >= 0.3 is 0 Å². The third kappa shape index (κ3) is 1.91. The van der Waals surface area contributed by atoms with E-state index in [4.69, 9.17) is 9.47 Å². The molecule has 4 heteroatoms. The molecule has 23 heavy (non-hydrogen) atoms. The number of aliphatic hydroxyl groups excluding tert-OH is 1. The molecule has 0 amide bonds. The summed E-state index contributed by atoms with van der Waals surface area (Å²) in [5.41, 5.74) is 3.77. The summed E-state index contributed by atoms with van der Waals surface area (Å²) in [5.74, 6) is 1.70. The van der Waals surface area contributed by atoms with Crippen LogP contribution >= 0.6 is 0 Å². The molecule has 2 aliphatic heterocycles. The topological polar surface area (TPSA) is 41.9 Å². The first-order valence-corrected chi connectivity index (χ1v) is 8.44. The maximum atomic E-state index is 10.1. The van der Waals surface area contributed by atoms with Crippen LogP contribution in [0.15, 0.2) is 18.2 Å². The summed E-state index contributed by atoms with van der Waals surface area (Å²) in [6.07, 6.45) is 5.37. The molecule has 2 heterocycles. The normalized spacial score (nSPS) is 35.3. The van der Waals surface area contributed by atoms with E-state index in [1.807, 2.05) is 6.08 Å². The zero-order chi connectivity index (χ0) is 16.4. The number of aryl methyl sites for hydroxylation is 1. The van der Waals surface area contributed by atoms with Crippen molar-refractivity contribution in [3.8, 4) is 11.5 Å². The van der Waals surface area contributed by atoms with Gasteiger partial charge in [0.25, 0.3) is 0 Å². The molecule has 124 valence electrons. The minimum atomic E-state index is -0.422. The fourth-order valence-corrected chi connectivity index (χ4v) is 4.63. The summed E-state index contributed by atoms with van der Waals surface area (Å²) in [7, 11) is 3.89. The first kappa shape index (κ1) is 15.0. The monoisotopic (exact) mass is 315 g/mol. The highest BCUT2D eigenvalue weighted by Gasteiger charge is 2.53. The molecule has 0 radical (unpaired) electrons. The van der Waals surface area contributed by atoms with Gasteiger partial charge in [-0.3, -0.25) is 4.90 Å². The van der Waals surface area contributed by atoms with Gasteiger partial charge in [-0.1, -0.05) is 12.2 Å². The van der Waals surface area contributed by atoms with Gasteiger partial charge in [-0.05, 0) is 51.1 Å². The van der Waals surface area contributed by atoms with Crippen molar-refractivity contribution in [3.63, 3.8) is 0 Å². The van der Waals surface area contributed by atoms with Crippen molar-refractivity contribution >= 4 is 0 Å². The molecule has 0 saturated heterocycles. The zero-order valence-electron chi connectivity index (χ0n) is 14.3. The summed E-state index contributed by atoms with van der Waals surface area (Å²) in [5, 5.41) is 10.1. The lowest BCUT2D eigenvalue weighted by atomic mass is 9.68. The van der Waals surface area contributed by atoms with E-state index < -0.39 is 6.10 Å². The van der Waals surface area contributed by atoms with Crippen LogP contribution in [0.2, 0.25) is 0 Å². The average Bonchev–Trinajstić information content (AvgIpc) is 2.80. The standard InChI is InChI=1S/C19H25NO3/c1-11-9-14(22-4)18-17-16(11)12(2)20(3)8-7-19(17)6-5-13(21)10-15(19)23-18/h5-6,9,12-13,15,21H,7-8,10H2,1-4H3. The Balaban J connectivity index is 2.03. The maximum Gasteiger partial charge on any atom is 0.166 e. The Morgan fingerprint density at radius 1 is 1.43 bits per heavy atom. The van der Waals surface area contributed by atoms with Crippen LogP contribution in [0.5, 0.6) is 11.5 Å². The highest BCUT2D eigenvalue weighted by atomic mass is 16.5. The molecule has 0 fully saturated rings. The highest BCUT2D eigenvalue weighted by Crippen LogP contribution is 2.57. The molecule has 0 aromatic heterocycles. The van der Waals surface area contributed by atoms with E-state index >= 15 is 0 Å². The maximum absolute atomic E-state index is 10.1. The minimum Gasteiger partial charge on any atom is -0.493 e. The van der Waals surface area contributed by atoms with E-state index in [0.29, 0.717) is 12.5 Å². The molecule has 4 atom stereocenters. The molecule has 1 aliphatic carbocycles. The molecular formula is C19H25NO3. The Kier molecular flexibility index (Phi) is 3.26. The fraction of sp³-hybridized carbons (Fsp3) is 0.579. The molecule has 0 bridgehead atoms. The molecule has 4 nitrogen and oxygen atoms in total. The van der Waals surface area contributed by atoms with Crippen LogP contribution in [0.4, 0.5) is 0 Å². The SMILES string of the molecule is COc1cc(C)c2c3c1OC1CC(O)C=CC31CCN(C)C2C. The summed E-state index contributed by atoms with van der Waals surface area (Å²) >= 11 is 0. The second kappa shape index (κ2) is 4.99. The molecule has 4 unspecified atom stereocenters. The van der Waals surface area contributed by atoms with E-state index in [2.05, 4.69) is 37.9 Å². The second-order valence-electron chi connectivity index (χ2n) is 7.23. The molecule has 1 spiro atoms. The van der Waals surface area contributed by atoms with Gasteiger partial charge in [-0.2, -0.15) is 0 Å². The van der Waals surface area contributed by atoms with Gasteiger partial charge in [0.05, 0.1) is 18.6 Å². The van der Waals surface area contributed by atoms with Gasteiger partial charge in [0, 0.05) is 18.0 Å². The second-order valence-corrected chi connectivity index (χ2v) is 7.23. The van der Waals surface area contributed by atoms with Gasteiger partial charge < -0.3 is 14.6 Å². The Morgan fingerprint density at radius 3 is 2.96 bits per heavy atom. The van der Waals surface area contributed by atoms with Crippen molar-refractivity contribution < 1.29 is 14.6 Å². The van der Waals surface area contributed by atoms with Crippen LogP contribution in [-0.4, -0.2) is 42.9 Å². The third-order valence-electron chi connectivity index (χ3n) is 6.04. The predicted molar refractivity (Wildman–Crippen MR) is 89.3 cm³/mol. The van der Waals surface area contributed by atoms with Crippen LogP contribution in [0.1, 0.15) is 42.5 Å². The highest BCUT2D eigenvalue weighted by molar-refractivity contribution is 5.64. The van der Waals surface area contributed by atoms with E-state index in [0.717, 1.165) is 24.5 Å². The third-order valence-corrected chi connectivity index (χ3v) is 6.04. The average molecular weight is 315 g/mol. The van der Waals surface area contributed by atoms with E-state index in [1.165, 1.54) is 16.7 Å². The number of hydrogen-bond acceptors (Lipinski definition) is 4. The number of aliphatic hydroxyl groups is 1. The quantitative estimate of drug-likeness (QED) is 0.809. The lowest BCUT2D eigenvalue weighted by Crippen LogP contribution is -2.42. The Hall–Kier alpha value is -1.52. The number of ether oxygens (including phenoxy) is 2. The van der Waals surface area contributed by atoms with Crippen molar-refractivity contribution in [2.24, 2.45) is 0 Å². The Labute approximate surface area is 137 Å². The van der Waals surface area contributed by atoms with Crippen LogP contribution in [0, 0.1) is 6.92 Å². The Bertz CT molecular complexity index is 684. The number of rotatable bonds is 1. The molecular weight excluding hydrogens is 290 g/mol. The van der Waals surface area contributed by atoms with E-state index in [1.54, 1.807) is 7.11 Å². The van der Waals surface area contributed by atoms with E-state index in [9.17, 15) is 5.11 Å². The largest absolute Gasteiger partial charge is 0.493 e. The Morgan fingerprint density at radius 2 is 2.22 bits per heavy atom. The minimum absolute atomic E-state index is 0.00866. The number of benzene rings is 1. The van der Waals surface area contributed by atoms with Crippen molar-refractivity contribution in [2.75, 3.05) is 20.7 Å². The van der Waals surface area contributed by atoms with Gasteiger partial charge in [0.2, 0.25) is 0 Å².